The third-order valence-electron chi connectivity index (χ3n) is 2.32. The summed E-state index contributed by atoms with van der Waals surface area (Å²) in [6.07, 6.45) is 6.92. The maximum absolute atomic E-state index is 11.8. The maximum atomic E-state index is 11.8. The highest BCUT2D eigenvalue weighted by molar-refractivity contribution is 14.1. The van der Waals surface area contributed by atoms with Crippen molar-refractivity contribution in [2.75, 3.05) is 0 Å². The SMILES string of the molecule is Cc1ncn(CCn2ccnc2)c(=O)c1I. The monoisotopic (exact) mass is 330 g/mol. The third kappa shape index (κ3) is 2.31. The van der Waals surface area contributed by atoms with Gasteiger partial charge in [-0.25, -0.2) is 9.97 Å². The van der Waals surface area contributed by atoms with E-state index in [1.807, 2.05) is 40.3 Å². The lowest BCUT2D eigenvalue weighted by atomic mass is 10.4. The van der Waals surface area contributed by atoms with E-state index < -0.39 is 0 Å². The summed E-state index contributed by atoms with van der Waals surface area (Å²) in [5, 5.41) is 0. The van der Waals surface area contributed by atoms with Gasteiger partial charge < -0.3 is 4.57 Å². The number of aromatic nitrogens is 4. The molecule has 0 fully saturated rings. The van der Waals surface area contributed by atoms with Crippen LogP contribution in [0.15, 0.2) is 29.8 Å². The molecule has 2 aromatic heterocycles. The number of aryl methyl sites for hydroxylation is 3. The Morgan fingerprint density at radius 2 is 2.19 bits per heavy atom. The smallest absolute Gasteiger partial charge is 0.267 e. The van der Waals surface area contributed by atoms with E-state index in [0.717, 1.165) is 12.2 Å². The minimum Gasteiger partial charge on any atom is -0.336 e. The molecular formula is C10H11IN4O. The highest BCUT2D eigenvalue weighted by atomic mass is 127. The van der Waals surface area contributed by atoms with Crippen LogP contribution in [0, 0.1) is 10.5 Å². The molecule has 0 aromatic carbocycles. The van der Waals surface area contributed by atoms with Crippen molar-refractivity contribution in [2.24, 2.45) is 0 Å². The van der Waals surface area contributed by atoms with Crippen LogP contribution in [0.2, 0.25) is 0 Å². The quantitative estimate of drug-likeness (QED) is 0.791. The predicted octanol–water partition coefficient (Wildman–Crippen LogP) is 1.05. The fourth-order valence-electron chi connectivity index (χ4n) is 1.35. The summed E-state index contributed by atoms with van der Waals surface area (Å²) in [6.45, 7) is 3.17. The van der Waals surface area contributed by atoms with Crippen LogP contribution < -0.4 is 5.56 Å². The lowest BCUT2D eigenvalue weighted by Gasteiger charge is -2.07. The van der Waals surface area contributed by atoms with Crippen molar-refractivity contribution in [1.29, 1.82) is 0 Å². The second kappa shape index (κ2) is 4.77. The van der Waals surface area contributed by atoms with Gasteiger partial charge in [-0.3, -0.25) is 9.36 Å². The molecule has 0 bridgehead atoms. The standard InChI is InChI=1S/C10H11IN4O/c1-8-9(11)10(16)15(7-13-8)5-4-14-3-2-12-6-14/h2-3,6-7H,4-5H2,1H3. The first-order valence-corrected chi connectivity index (χ1v) is 5.93. The molecule has 0 spiro atoms. The van der Waals surface area contributed by atoms with Crippen molar-refractivity contribution in [3.05, 3.63) is 44.7 Å². The Bertz CT molecular complexity index is 532. The molecule has 0 aliphatic carbocycles. The second-order valence-corrected chi connectivity index (χ2v) is 4.52. The van der Waals surface area contributed by atoms with Crippen molar-refractivity contribution in [3.8, 4) is 0 Å². The topological polar surface area (TPSA) is 52.7 Å². The predicted molar refractivity (Wildman–Crippen MR) is 68.2 cm³/mol. The summed E-state index contributed by atoms with van der Waals surface area (Å²) in [7, 11) is 0. The first-order valence-electron chi connectivity index (χ1n) is 4.86. The molecule has 0 saturated carbocycles. The number of hydrogen-bond acceptors (Lipinski definition) is 3. The largest absolute Gasteiger partial charge is 0.336 e. The molecule has 0 aliphatic rings. The zero-order valence-corrected chi connectivity index (χ0v) is 11.0. The van der Waals surface area contributed by atoms with Gasteiger partial charge in [0.1, 0.15) is 0 Å². The fraction of sp³-hybridized carbons (Fsp3) is 0.300. The van der Waals surface area contributed by atoms with Crippen molar-refractivity contribution in [1.82, 2.24) is 19.1 Å². The zero-order valence-electron chi connectivity index (χ0n) is 8.80. The Kier molecular flexibility index (Phi) is 3.37. The van der Waals surface area contributed by atoms with E-state index in [4.69, 9.17) is 0 Å². The van der Waals surface area contributed by atoms with Crippen molar-refractivity contribution >= 4 is 22.6 Å². The Morgan fingerprint density at radius 1 is 1.38 bits per heavy atom. The number of halogens is 1. The Morgan fingerprint density at radius 3 is 2.88 bits per heavy atom. The molecule has 0 unspecified atom stereocenters. The Balaban J connectivity index is 2.17. The average molecular weight is 330 g/mol. The molecule has 2 aromatic rings. The molecule has 6 heteroatoms. The van der Waals surface area contributed by atoms with Gasteiger partial charge in [-0.15, -0.1) is 0 Å². The molecule has 5 nitrogen and oxygen atoms in total. The first kappa shape index (κ1) is 11.3. The van der Waals surface area contributed by atoms with Crippen LogP contribution in [-0.4, -0.2) is 19.1 Å². The first-order chi connectivity index (χ1) is 7.68. The van der Waals surface area contributed by atoms with E-state index in [1.165, 1.54) is 0 Å². The Labute approximate surface area is 106 Å². The molecule has 2 heterocycles. The summed E-state index contributed by atoms with van der Waals surface area (Å²) < 4.78 is 4.24. The van der Waals surface area contributed by atoms with Crippen LogP contribution in [-0.2, 0) is 13.1 Å². The van der Waals surface area contributed by atoms with Gasteiger partial charge in [0.25, 0.3) is 5.56 Å². The molecule has 0 radical (unpaired) electrons. The second-order valence-electron chi connectivity index (χ2n) is 3.44. The fourth-order valence-corrected chi connectivity index (χ4v) is 1.80. The summed E-state index contributed by atoms with van der Waals surface area (Å²) in [5.41, 5.74) is 0.803. The van der Waals surface area contributed by atoms with Gasteiger partial charge in [0.05, 0.1) is 21.9 Å². The molecule has 0 atom stereocenters. The zero-order chi connectivity index (χ0) is 11.5. The molecule has 0 amide bonds. The van der Waals surface area contributed by atoms with Crippen LogP contribution in [0.4, 0.5) is 0 Å². The Hall–Kier alpha value is -1.18. The summed E-state index contributed by atoms with van der Waals surface area (Å²) in [6, 6.07) is 0. The third-order valence-corrected chi connectivity index (χ3v) is 3.56. The van der Waals surface area contributed by atoms with Crippen LogP contribution >= 0.6 is 22.6 Å². The normalized spacial score (nSPS) is 10.6. The number of rotatable bonds is 3. The number of imidazole rings is 1. The lowest BCUT2D eigenvalue weighted by Crippen LogP contribution is -2.25. The van der Waals surface area contributed by atoms with Gasteiger partial charge in [0.2, 0.25) is 0 Å². The highest BCUT2D eigenvalue weighted by Crippen LogP contribution is 2.01. The molecule has 0 saturated heterocycles. The van der Waals surface area contributed by atoms with E-state index in [2.05, 4.69) is 9.97 Å². The highest BCUT2D eigenvalue weighted by Gasteiger charge is 2.04. The van der Waals surface area contributed by atoms with Crippen molar-refractivity contribution in [3.63, 3.8) is 0 Å². The van der Waals surface area contributed by atoms with Gasteiger partial charge >= 0.3 is 0 Å². The van der Waals surface area contributed by atoms with E-state index in [1.54, 1.807) is 23.4 Å². The molecule has 0 N–H and O–H groups in total. The lowest BCUT2D eigenvalue weighted by molar-refractivity contribution is 0.554. The molecule has 2 rings (SSSR count). The van der Waals surface area contributed by atoms with Gasteiger partial charge in [0.15, 0.2) is 0 Å². The minimum absolute atomic E-state index is 0.0215. The van der Waals surface area contributed by atoms with Crippen molar-refractivity contribution in [2.45, 2.75) is 20.0 Å². The summed E-state index contributed by atoms with van der Waals surface area (Å²) >= 11 is 2.03. The van der Waals surface area contributed by atoms with Crippen LogP contribution in [0.5, 0.6) is 0 Å². The maximum Gasteiger partial charge on any atom is 0.267 e. The van der Waals surface area contributed by atoms with Crippen LogP contribution in [0.25, 0.3) is 0 Å². The van der Waals surface area contributed by atoms with Gasteiger partial charge in [-0.05, 0) is 29.5 Å². The molecular weight excluding hydrogens is 319 g/mol. The average Bonchev–Trinajstić information content (AvgIpc) is 2.78. The van der Waals surface area contributed by atoms with Crippen LogP contribution in [0.3, 0.4) is 0 Å². The van der Waals surface area contributed by atoms with Gasteiger partial charge in [-0.1, -0.05) is 0 Å². The number of nitrogens with zero attached hydrogens (tertiary/aromatic N) is 4. The molecule has 0 aliphatic heterocycles. The van der Waals surface area contributed by atoms with E-state index in [-0.39, 0.29) is 5.56 Å². The molecule has 84 valence electrons. The molecule has 16 heavy (non-hydrogen) atoms. The summed E-state index contributed by atoms with van der Waals surface area (Å²) in [5.74, 6) is 0. The number of hydrogen-bond donors (Lipinski definition) is 0. The van der Waals surface area contributed by atoms with Gasteiger partial charge in [0, 0.05) is 25.5 Å². The van der Waals surface area contributed by atoms with Gasteiger partial charge in [-0.2, -0.15) is 0 Å². The van der Waals surface area contributed by atoms with E-state index in [0.29, 0.717) is 10.1 Å². The van der Waals surface area contributed by atoms with E-state index >= 15 is 0 Å². The summed E-state index contributed by atoms with van der Waals surface area (Å²) in [4.78, 5) is 20.0. The minimum atomic E-state index is 0.0215. The van der Waals surface area contributed by atoms with Crippen LogP contribution in [0.1, 0.15) is 5.69 Å². The van der Waals surface area contributed by atoms with E-state index in [9.17, 15) is 4.79 Å². The van der Waals surface area contributed by atoms with Crippen molar-refractivity contribution < 1.29 is 0 Å².